The first-order chi connectivity index (χ1) is 8.62. The summed E-state index contributed by atoms with van der Waals surface area (Å²) in [6.07, 6.45) is 4.54. The van der Waals surface area contributed by atoms with Crippen LogP contribution in [0.15, 0.2) is 10.8 Å². The lowest BCUT2D eigenvalue weighted by molar-refractivity contribution is -0.133. The summed E-state index contributed by atoms with van der Waals surface area (Å²) in [7, 11) is 0. The molecule has 18 heavy (non-hydrogen) atoms. The summed E-state index contributed by atoms with van der Waals surface area (Å²) < 4.78 is 0. The zero-order valence-electron chi connectivity index (χ0n) is 11.0. The summed E-state index contributed by atoms with van der Waals surface area (Å²) in [5, 5.41) is 7.85. The molecule has 1 unspecified atom stereocenters. The Balaban J connectivity index is 1.81. The van der Waals surface area contributed by atoms with Gasteiger partial charge < -0.3 is 4.90 Å². The molecule has 1 atom stereocenters. The van der Waals surface area contributed by atoms with Crippen molar-refractivity contribution in [2.24, 2.45) is 0 Å². The van der Waals surface area contributed by atoms with E-state index in [0.717, 1.165) is 19.4 Å². The second-order valence-electron chi connectivity index (χ2n) is 5.62. The Hall–Kier alpha value is -0.870. The van der Waals surface area contributed by atoms with Gasteiger partial charge in [0.15, 0.2) is 0 Å². The van der Waals surface area contributed by atoms with Crippen LogP contribution in [-0.2, 0) is 11.3 Å². The number of hydrogen-bond donors (Lipinski definition) is 1. The zero-order chi connectivity index (χ0) is 12.8. The van der Waals surface area contributed by atoms with Crippen molar-refractivity contribution in [3.05, 3.63) is 21.9 Å². The number of thiophene rings is 1. The number of nitrogens with one attached hydrogen (secondary N) is 1. The first kappa shape index (κ1) is 12.2. The molecule has 1 amide bonds. The lowest BCUT2D eigenvalue weighted by atomic mass is 9.98. The average molecular weight is 264 g/mol. The maximum Gasteiger partial charge on any atom is 0.244 e. The summed E-state index contributed by atoms with van der Waals surface area (Å²) in [5.41, 5.74) is 2.35. The van der Waals surface area contributed by atoms with E-state index in [2.05, 4.69) is 29.9 Å². The number of carbonyl (C=O) groups is 1. The molecule has 98 valence electrons. The Morgan fingerprint density at radius 3 is 2.78 bits per heavy atom. The van der Waals surface area contributed by atoms with Gasteiger partial charge in [-0.3, -0.25) is 10.1 Å². The summed E-state index contributed by atoms with van der Waals surface area (Å²) in [6, 6.07) is 0. The average Bonchev–Trinajstić information content (AvgIpc) is 3.00. The molecule has 2 fully saturated rings. The number of nitrogens with zero attached hydrogens (tertiary/aromatic N) is 1. The molecule has 1 aliphatic heterocycles. The third-order valence-corrected chi connectivity index (χ3v) is 5.29. The standard InChI is InChI=1S/C14H20N2OS/c1-10-8-18-9-12(10)7-16-11(2)15-14(13(16)17)5-3-4-6-14/h8-9,11,15H,3-7H2,1-2H3. The molecule has 1 spiro atoms. The smallest absolute Gasteiger partial charge is 0.244 e. The molecular formula is C14H20N2OS. The van der Waals surface area contributed by atoms with Gasteiger partial charge in [0.1, 0.15) is 0 Å². The highest BCUT2D eigenvalue weighted by atomic mass is 32.1. The zero-order valence-corrected chi connectivity index (χ0v) is 11.8. The molecule has 2 aliphatic rings. The summed E-state index contributed by atoms with van der Waals surface area (Å²) in [6.45, 7) is 4.98. The van der Waals surface area contributed by atoms with Crippen LogP contribution < -0.4 is 5.32 Å². The van der Waals surface area contributed by atoms with E-state index < -0.39 is 0 Å². The van der Waals surface area contributed by atoms with Gasteiger partial charge in [-0.15, -0.1) is 0 Å². The van der Waals surface area contributed by atoms with Crippen LogP contribution in [0.4, 0.5) is 0 Å². The highest BCUT2D eigenvalue weighted by Crippen LogP contribution is 2.37. The quantitative estimate of drug-likeness (QED) is 0.890. The fourth-order valence-electron chi connectivity index (χ4n) is 3.27. The first-order valence-electron chi connectivity index (χ1n) is 6.73. The molecule has 1 aliphatic carbocycles. The number of aryl methyl sites for hydroxylation is 1. The fraction of sp³-hybridized carbons (Fsp3) is 0.643. The van der Waals surface area contributed by atoms with Gasteiger partial charge in [0.25, 0.3) is 0 Å². The number of rotatable bonds is 2. The van der Waals surface area contributed by atoms with Crippen LogP contribution in [0.3, 0.4) is 0 Å². The Bertz CT molecular complexity index is 462. The summed E-state index contributed by atoms with van der Waals surface area (Å²) >= 11 is 1.72. The SMILES string of the molecule is Cc1cscc1CN1C(=O)C2(CCCC2)NC1C. The van der Waals surface area contributed by atoms with E-state index in [-0.39, 0.29) is 11.7 Å². The Labute approximate surface area is 112 Å². The molecule has 4 heteroatoms. The van der Waals surface area contributed by atoms with E-state index in [9.17, 15) is 4.79 Å². The molecule has 0 bridgehead atoms. The third kappa shape index (κ3) is 1.79. The van der Waals surface area contributed by atoms with Crippen LogP contribution in [0.25, 0.3) is 0 Å². The molecule has 1 aromatic rings. The minimum Gasteiger partial charge on any atom is -0.321 e. The molecule has 3 rings (SSSR count). The van der Waals surface area contributed by atoms with Gasteiger partial charge in [-0.05, 0) is 48.6 Å². The Kier molecular flexibility index (Phi) is 2.94. The van der Waals surface area contributed by atoms with E-state index >= 15 is 0 Å². The topological polar surface area (TPSA) is 32.3 Å². The van der Waals surface area contributed by atoms with Gasteiger partial charge in [-0.2, -0.15) is 11.3 Å². The molecular weight excluding hydrogens is 244 g/mol. The fourth-order valence-corrected chi connectivity index (χ4v) is 4.12. The van der Waals surface area contributed by atoms with Crippen molar-refractivity contribution in [1.82, 2.24) is 10.2 Å². The molecule has 0 radical (unpaired) electrons. The van der Waals surface area contributed by atoms with E-state index in [0.29, 0.717) is 5.91 Å². The summed E-state index contributed by atoms with van der Waals surface area (Å²) in [5.74, 6) is 0.318. The van der Waals surface area contributed by atoms with E-state index in [1.54, 1.807) is 11.3 Å². The van der Waals surface area contributed by atoms with Crippen molar-refractivity contribution in [3.8, 4) is 0 Å². The molecule has 3 nitrogen and oxygen atoms in total. The first-order valence-corrected chi connectivity index (χ1v) is 7.67. The van der Waals surface area contributed by atoms with Crippen LogP contribution in [0, 0.1) is 6.92 Å². The molecule has 0 aromatic carbocycles. The Morgan fingerprint density at radius 1 is 1.44 bits per heavy atom. The van der Waals surface area contributed by atoms with Gasteiger partial charge in [0, 0.05) is 6.54 Å². The second-order valence-corrected chi connectivity index (χ2v) is 6.37. The monoisotopic (exact) mass is 264 g/mol. The van der Waals surface area contributed by atoms with Crippen LogP contribution in [-0.4, -0.2) is 22.5 Å². The highest BCUT2D eigenvalue weighted by molar-refractivity contribution is 7.08. The van der Waals surface area contributed by atoms with Crippen molar-refractivity contribution in [1.29, 1.82) is 0 Å². The molecule has 1 saturated heterocycles. The molecule has 1 aromatic heterocycles. The predicted octanol–water partition coefficient (Wildman–Crippen LogP) is 2.65. The normalized spacial score (nSPS) is 26.4. The number of hydrogen-bond acceptors (Lipinski definition) is 3. The lowest BCUT2D eigenvalue weighted by Crippen LogP contribution is -2.44. The van der Waals surface area contributed by atoms with Crippen molar-refractivity contribution < 1.29 is 4.79 Å². The van der Waals surface area contributed by atoms with Crippen LogP contribution in [0.1, 0.15) is 43.7 Å². The molecule has 1 N–H and O–H groups in total. The minimum absolute atomic E-state index is 0.162. The van der Waals surface area contributed by atoms with Crippen LogP contribution in [0.5, 0.6) is 0 Å². The maximum absolute atomic E-state index is 12.6. The largest absolute Gasteiger partial charge is 0.321 e. The van der Waals surface area contributed by atoms with Gasteiger partial charge in [-0.1, -0.05) is 12.8 Å². The van der Waals surface area contributed by atoms with Crippen molar-refractivity contribution in [3.63, 3.8) is 0 Å². The van der Waals surface area contributed by atoms with Gasteiger partial charge in [0.2, 0.25) is 5.91 Å². The second kappa shape index (κ2) is 4.35. The van der Waals surface area contributed by atoms with Crippen LogP contribution >= 0.6 is 11.3 Å². The van der Waals surface area contributed by atoms with Crippen molar-refractivity contribution >= 4 is 17.2 Å². The number of carbonyl (C=O) groups excluding carboxylic acids is 1. The van der Waals surface area contributed by atoms with Gasteiger partial charge in [-0.25, -0.2) is 0 Å². The summed E-state index contributed by atoms with van der Waals surface area (Å²) in [4.78, 5) is 14.7. The molecule has 2 heterocycles. The van der Waals surface area contributed by atoms with Crippen molar-refractivity contribution in [2.75, 3.05) is 0 Å². The van der Waals surface area contributed by atoms with Crippen molar-refractivity contribution in [2.45, 2.75) is 57.8 Å². The maximum atomic E-state index is 12.6. The Morgan fingerprint density at radius 2 is 2.17 bits per heavy atom. The van der Waals surface area contributed by atoms with Gasteiger partial charge in [0.05, 0.1) is 11.7 Å². The lowest BCUT2D eigenvalue weighted by Gasteiger charge is -2.22. The van der Waals surface area contributed by atoms with E-state index in [1.165, 1.54) is 24.0 Å². The van der Waals surface area contributed by atoms with Crippen LogP contribution in [0.2, 0.25) is 0 Å². The molecule has 1 saturated carbocycles. The van der Waals surface area contributed by atoms with E-state index in [1.807, 2.05) is 4.90 Å². The highest BCUT2D eigenvalue weighted by Gasteiger charge is 2.50. The van der Waals surface area contributed by atoms with E-state index in [4.69, 9.17) is 0 Å². The predicted molar refractivity (Wildman–Crippen MR) is 73.4 cm³/mol. The third-order valence-electron chi connectivity index (χ3n) is 4.38. The van der Waals surface area contributed by atoms with Gasteiger partial charge >= 0.3 is 0 Å². The minimum atomic E-state index is -0.233. The number of amides is 1.